The summed E-state index contributed by atoms with van der Waals surface area (Å²) >= 11 is 0. The lowest BCUT2D eigenvalue weighted by Crippen LogP contribution is -2.37. The number of ether oxygens (including phenoxy) is 1. The van der Waals surface area contributed by atoms with Gasteiger partial charge in [0.25, 0.3) is 5.56 Å². The molecule has 2 aromatic heterocycles. The van der Waals surface area contributed by atoms with Crippen molar-refractivity contribution in [2.24, 2.45) is 14.1 Å². The number of aliphatic hydroxyl groups is 1. The Hall–Kier alpha value is -3.44. The zero-order valence-electron chi connectivity index (χ0n) is 18.4. The highest BCUT2D eigenvalue weighted by Gasteiger charge is 2.14. The number of hydrogen-bond acceptors (Lipinski definition) is 7. The van der Waals surface area contributed by atoms with Gasteiger partial charge in [-0.15, -0.1) is 0 Å². The third kappa shape index (κ3) is 5.42. The van der Waals surface area contributed by atoms with Gasteiger partial charge in [0, 0.05) is 39.8 Å². The molecule has 3 rings (SSSR count). The largest absolute Gasteiger partial charge is 0.491 e. The first kappa shape index (κ1) is 23.2. The van der Waals surface area contributed by atoms with Gasteiger partial charge in [-0.25, -0.2) is 9.78 Å². The summed E-state index contributed by atoms with van der Waals surface area (Å²) in [6.45, 7) is 3.09. The molecule has 11 nitrogen and oxygen atoms in total. The Morgan fingerprint density at radius 2 is 1.91 bits per heavy atom. The molecular formula is C21H28N6O5. The lowest BCUT2D eigenvalue weighted by Gasteiger charge is -2.14. The molecule has 0 aliphatic carbocycles. The Morgan fingerprint density at radius 3 is 2.59 bits per heavy atom. The van der Waals surface area contributed by atoms with Crippen LogP contribution < -0.4 is 26.6 Å². The molecule has 11 heteroatoms. The third-order valence-electron chi connectivity index (χ3n) is 4.97. The summed E-state index contributed by atoms with van der Waals surface area (Å²) in [7, 11) is 3.04. The molecule has 0 spiro atoms. The first-order valence-corrected chi connectivity index (χ1v) is 10.3. The number of imidazole rings is 1. The topological polar surface area (TPSA) is 132 Å². The van der Waals surface area contributed by atoms with Gasteiger partial charge < -0.3 is 25.0 Å². The van der Waals surface area contributed by atoms with Gasteiger partial charge >= 0.3 is 5.69 Å². The minimum atomic E-state index is -0.694. The van der Waals surface area contributed by atoms with E-state index in [1.807, 2.05) is 0 Å². The van der Waals surface area contributed by atoms with Crippen LogP contribution in [0.4, 0.5) is 5.69 Å². The molecule has 0 bridgehead atoms. The van der Waals surface area contributed by atoms with Gasteiger partial charge in [-0.2, -0.15) is 0 Å². The van der Waals surface area contributed by atoms with E-state index in [0.29, 0.717) is 48.7 Å². The van der Waals surface area contributed by atoms with E-state index in [0.717, 1.165) is 4.57 Å². The van der Waals surface area contributed by atoms with E-state index in [4.69, 9.17) is 4.74 Å². The second-order valence-corrected chi connectivity index (χ2v) is 7.54. The molecule has 172 valence electrons. The first-order valence-electron chi connectivity index (χ1n) is 10.3. The van der Waals surface area contributed by atoms with Crippen molar-refractivity contribution in [3.05, 3.63) is 51.4 Å². The Balaban J connectivity index is 1.42. The molecule has 0 saturated carbocycles. The Labute approximate surface area is 184 Å². The number of amides is 1. The van der Waals surface area contributed by atoms with Crippen LogP contribution in [0.25, 0.3) is 11.2 Å². The Morgan fingerprint density at radius 1 is 1.19 bits per heavy atom. The molecule has 1 atom stereocenters. The average molecular weight is 444 g/mol. The van der Waals surface area contributed by atoms with E-state index < -0.39 is 11.8 Å². The lowest BCUT2D eigenvalue weighted by atomic mass is 10.3. The minimum absolute atomic E-state index is 0.128. The van der Waals surface area contributed by atoms with Gasteiger partial charge in [0.1, 0.15) is 18.5 Å². The zero-order valence-corrected chi connectivity index (χ0v) is 18.4. The first-order chi connectivity index (χ1) is 15.3. The number of aryl methyl sites for hydroxylation is 2. The molecule has 0 fully saturated rings. The van der Waals surface area contributed by atoms with Crippen LogP contribution in [0.2, 0.25) is 0 Å². The highest BCUT2D eigenvalue weighted by atomic mass is 16.5. The van der Waals surface area contributed by atoms with E-state index in [1.54, 1.807) is 42.2 Å². The van der Waals surface area contributed by atoms with Crippen LogP contribution in [0.3, 0.4) is 0 Å². The quantitative estimate of drug-likeness (QED) is 0.369. The number of aliphatic hydroxyl groups excluding tert-OH is 1. The van der Waals surface area contributed by atoms with Crippen molar-refractivity contribution in [2.75, 3.05) is 25.0 Å². The Bertz CT molecular complexity index is 1190. The van der Waals surface area contributed by atoms with Crippen molar-refractivity contribution in [1.82, 2.24) is 24.0 Å². The maximum atomic E-state index is 12.4. The monoisotopic (exact) mass is 444 g/mol. The maximum Gasteiger partial charge on any atom is 0.332 e. The van der Waals surface area contributed by atoms with E-state index in [1.165, 1.54) is 18.5 Å². The highest BCUT2D eigenvalue weighted by Crippen LogP contribution is 2.15. The van der Waals surface area contributed by atoms with Gasteiger partial charge in [0.2, 0.25) is 5.91 Å². The molecule has 1 amide bonds. The number of benzene rings is 1. The summed E-state index contributed by atoms with van der Waals surface area (Å²) in [6.07, 6.45) is 1.57. The number of fused-ring (bicyclic) bond motifs is 1. The zero-order chi connectivity index (χ0) is 23.3. The smallest absolute Gasteiger partial charge is 0.332 e. The minimum Gasteiger partial charge on any atom is -0.491 e. The normalized spacial score (nSPS) is 12.1. The number of rotatable bonds is 10. The van der Waals surface area contributed by atoms with Crippen molar-refractivity contribution in [2.45, 2.75) is 26.0 Å². The molecule has 0 aliphatic rings. The van der Waals surface area contributed by atoms with Crippen molar-refractivity contribution in [1.29, 1.82) is 0 Å². The molecule has 0 saturated heterocycles. The van der Waals surface area contributed by atoms with Gasteiger partial charge in [0.15, 0.2) is 11.2 Å². The van der Waals surface area contributed by atoms with Crippen LogP contribution >= 0.6 is 0 Å². The Kier molecular flexibility index (Phi) is 7.44. The molecule has 3 N–H and O–H groups in total. The summed E-state index contributed by atoms with van der Waals surface area (Å²) in [5.74, 6) is 0.454. The van der Waals surface area contributed by atoms with E-state index >= 15 is 0 Å². The fraction of sp³-hybridized carbons (Fsp3) is 0.429. The van der Waals surface area contributed by atoms with Crippen LogP contribution in [-0.2, 0) is 25.4 Å². The van der Waals surface area contributed by atoms with Gasteiger partial charge in [-0.3, -0.25) is 18.7 Å². The summed E-state index contributed by atoms with van der Waals surface area (Å²) in [4.78, 5) is 39.6. The second kappa shape index (κ2) is 10.2. The molecular weight excluding hydrogens is 416 g/mol. The van der Waals surface area contributed by atoms with Crippen LogP contribution in [0.1, 0.15) is 13.3 Å². The summed E-state index contributed by atoms with van der Waals surface area (Å²) < 4.78 is 9.72. The van der Waals surface area contributed by atoms with Crippen LogP contribution in [0.15, 0.2) is 40.2 Å². The standard InChI is InChI=1S/C21H28N6O5/c1-14(28)24-15-5-7-17(8-6-15)32-12-16(29)11-22-9-4-10-27-13-23-19-18(27)20(30)26(3)21(31)25(19)2/h5-8,13,16,22,29H,4,9-12H2,1-3H3,(H,24,28). The molecule has 2 heterocycles. The summed E-state index contributed by atoms with van der Waals surface area (Å²) in [5.41, 5.74) is 0.662. The predicted molar refractivity (Wildman–Crippen MR) is 120 cm³/mol. The van der Waals surface area contributed by atoms with Crippen molar-refractivity contribution >= 4 is 22.8 Å². The van der Waals surface area contributed by atoms with Crippen LogP contribution in [-0.4, -0.2) is 55.5 Å². The highest BCUT2D eigenvalue weighted by molar-refractivity contribution is 5.88. The summed E-state index contributed by atoms with van der Waals surface area (Å²) in [5, 5.41) is 15.9. The fourth-order valence-electron chi connectivity index (χ4n) is 3.30. The molecule has 1 aromatic carbocycles. The number of carbonyl (C=O) groups excluding carboxylic acids is 1. The number of nitrogens with zero attached hydrogens (tertiary/aromatic N) is 4. The summed E-state index contributed by atoms with van der Waals surface area (Å²) in [6, 6.07) is 6.90. The molecule has 32 heavy (non-hydrogen) atoms. The van der Waals surface area contributed by atoms with Gasteiger partial charge in [-0.1, -0.05) is 0 Å². The number of nitrogens with one attached hydrogen (secondary N) is 2. The van der Waals surface area contributed by atoms with E-state index in [2.05, 4.69) is 15.6 Å². The SMILES string of the molecule is CC(=O)Nc1ccc(OCC(O)CNCCCn2cnc3c2c(=O)n(C)c(=O)n3C)cc1. The molecule has 3 aromatic rings. The van der Waals surface area contributed by atoms with E-state index in [-0.39, 0.29) is 18.1 Å². The van der Waals surface area contributed by atoms with E-state index in [9.17, 15) is 19.5 Å². The van der Waals surface area contributed by atoms with Crippen molar-refractivity contribution in [3.63, 3.8) is 0 Å². The molecule has 0 aliphatic heterocycles. The number of anilines is 1. The maximum absolute atomic E-state index is 12.4. The number of carbonyl (C=O) groups is 1. The van der Waals surface area contributed by atoms with Gasteiger partial charge in [0.05, 0.1) is 6.33 Å². The third-order valence-corrected chi connectivity index (χ3v) is 4.97. The van der Waals surface area contributed by atoms with Crippen LogP contribution in [0.5, 0.6) is 5.75 Å². The molecule has 0 radical (unpaired) electrons. The lowest BCUT2D eigenvalue weighted by molar-refractivity contribution is -0.114. The fourth-order valence-corrected chi connectivity index (χ4v) is 3.30. The number of hydrogen-bond donors (Lipinski definition) is 3. The van der Waals surface area contributed by atoms with Crippen LogP contribution in [0, 0.1) is 0 Å². The second-order valence-electron chi connectivity index (χ2n) is 7.54. The van der Waals surface area contributed by atoms with Gasteiger partial charge in [-0.05, 0) is 37.2 Å². The predicted octanol–water partition coefficient (Wildman–Crippen LogP) is -0.188. The average Bonchev–Trinajstić information content (AvgIpc) is 3.19. The van der Waals surface area contributed by atoms with Crippen molar-refractivity contribution in [3.8, 4) is 5.75 Å². The number of aromatic nitrogens is 4. The molecule has 1 unspecified atom stereocenters. The van der Waals surface area contributed by atoms with Crippen molar-refractivity contribution < 1.29 is 14.6 Å².